The molecule has 0 saturated heterocycles. The zero-order valence-electron chi connectivity index (χ0n) is 18.2. The molecule has 160 valence electrons. The Hall–Kier alpha value is -3.35. The summed E-state index contributed by atoms with van der Waals surface area (Å²) in [4.78, 5) is 14.2. The van der Waals surface area contributed by atoms with Crippen molar-refractivity contribution in [1.82, 2.24) is 19.5 Å². The molecule has 0 bridgehead atoms. The third-order valence-corrected chi connectivity index (χ3v) is 5.32. The molecule has 0 saturated carbocycles. The standard InChI is InChI=1S/C24H24F2N4O/c1-13(2)20-9-7-18(24(28-20)31-5)22-15(4)27-23-21(29-22)14(3)11-30(23)12-16-10-17(25)6-8-19(16)26/h6-11,13H,12H2,1-5H3. The first-order valence-electron chi connectivity index (χ1n) is 10.1. The van der Waals surface area contributed by atoms with E-state index < -0.39 is 11.6 Å². The predicted molar refractivity (Wildman–Crippen MR) is 116 cm³/mol. The molecule has 0 amide bonds. The molecule has 3 heterocycles. The lowest BCUT2D eigenvalue weighted by atomic mass is 10.1. The quantitative estimate of drug-likeness (QED) is 0.422. The Kier molecular flexibility index (Phi) is 5.43. The molecule has 7 heteroatoms. The number of hydrogen-bond donors (Lipinski definition) is 0. The molecule has 0 radical (unpaired) electrons. The highest BCUT2D eigenvalue weighted by Gasteiger charge is 2.19. The number of nitrogens with zero attached hydrogens (tertiary/aromatic N) is 4. The molecule has 0 atom stereocenters. The Balaban J connectivity index is 1.82. The molecule has 3 aromatic heterocycles. The van der Waals surface area contributed by atoms with Crippen molar-refractivity contribution in [1.29, 1.82) is 0 Å². The average Bonchev–Trinajstić information content (AvgIpc) is 3.03. The van der Waals surface area contributed by atoms with E-state index in [0.717, 1.165) is 29.0 Å². The van der Waals surface area contributed by atoms with Crippen LogP contribution >= 0.6 is 0 Å². The molecule has 0 N–H and O–H groups in total. The molecule has 0 spiro atoms. The van der Waals surface area contributed by atoms with Crippen molar-refractivity contribution >= 4 is 11.2 Å². The van der Waals surface area contributed by atoms with Crippen molar-refractivity contribution in [2.75, 3.05) is 7.11 Å². The number of benzene rings is 1. The molecular weight excluding hydrogens is 398 g/mol. The normalized spacial score (nSPS) is 11.5. The minimum Gasteiger partial charge on any atom is -0.480 e. The summed E-state index contributed by atoms with van der Waals surface area (Å²) in [7, 11) is 1.59. The zero-order chi connectivity index (χ0) is 22.3. The lowest BCUT2D eigenvalue weighted by molar-refractivity contribution is 0.397. The van der Waals surface area contributed by atoms with Crippen LogP contribution in [0.5, 0.6) is 5.88 Å². The second kappa shape index (κ2) is 8.06. The Morgan fingerprint density at radius 2 is 1.81 bits per heavy atom. The van der Waals surface area contributed by atoms with Gasteiger partial charge >= 0.3 is 0 Å². The second-order valence-electron chi connectivity index (χ2n) is 7.95. The van der Waals surface area contributed by atoms with Gasteiger partial charge in [-0.2, -0.15) is 0 Å². The first-order chi connectivity index (χ1) is 14.8. The van der Waals surface area contributed by atoms with Crippen molar-refractivity contribution < 1.29 is 13.5 Å². The van der Waals surface area contributed by atoms with Gasteiger partial charge in [-0.1, -0.05) is 13.8 Å². The fourth-order valence-corrected chi connectivity index (χ4v) is 3.66. The smallest absolute Gasteiger partial charge is 0.222 e. The van der Waals surface area contributed by atoms with Crippen LogP contribution in [-0.4, -0.2) is 26.6 Å². The van der Waals surface area contributed by atoms with Gasteiger partial charge in [-0.25, -0.2) is 23.7 Å². The van der Waals surface area contributed by atoms with Crippen LogP contribution in [0.1, 0.15) is 42.3 Å². The van der Waals surface area contributed by atoms with E-state index in [9.17, 15) is 8.78 Å². The van der Waals surface area contributed by atoms with Crippen molar-refractivity contribution in [3.05, 3.63) is 70.7 Å². The molecule has 1 aromatic carbocycles. The molecule has 0 aliphatic rings. The summed E-state index contributed by atoms with van der Waals surface area (Å²) < 4.78 is 35.1. The van der Waals surface area contributed by atoms with Gasteiger partial charge in [0.25, 0.3) is 0 Å². The minimum absolute atomic E-state index is 0.162. The maximum atomic E-state index is 14.2. The first kappa shape index (κ1) is 20.9. The molecule has 0 unspecified atom stereocenters. The fourth-order valence-electron chi connectivity index (χ4n) is 3.66. The largest absolute Gasteiger partial charge is 0.480 e. The Morgan fingerprint density at radius 3 is 2.52 bits per heavy atom. The Morgan fingerprint density at radius 1 is 1.03 bits per heavy atom. The first-order valence-corrected chi connectivity index (χ1v) is 10.1. The number of methoxy groups -OCH3 is 1. The zero-order valence-corrected chi connectivity index (χ0v) is 18.2. The lowest BCUT2D eigenvalue weighted by Crippen LogP contribution is -2.04. The number of pyridine rings is 1. The topological polar surface area (TPSA) is 52.8 Å². The summed E-state index contributed by atoms with van der Waals surface area (Å²) in [5.41, 5.74) is 5.56. The highest BCUT2D eigenvalue weighted by molar-refractivity contribution is 5.80. The molecule has 5 nitrogen and oxygen atoms in total. The molecular formula is C24H24F2N4O. The van der Waals surface area contributed by atoms with Crippen molar-refractivity contribution in [2.45, 2.75) is 40.2 Å². The third-order valence-electron chi connectivity index (χ3n) is 5.32. The molecule has 31 heavy (non-hydrogen) atoms. The number of halogens is 2. The van der Waals surface area contributed by atoms with Gasteiger partial charge in [0.05, 0.1) is 30.6 Å². The van der Waals surface area contributed by atoms with Crippen LogP contribution in [-0.2, 0) is 6.54 Å². The van der Waals surface area contributed by atoms with E-state index >= 15 is 0 Å². The van der Waals surface area contributed by atoms with Crippen LogP contribution in [0.25, 0.3) is 22.4 Å². The van der Waals surface area contributed by atoms with Gasteiger partial charge in [-0.05, 0) is 55.7 Å². The third kappa shape index (κ3) is 3.87. The number of hydrogen-bond acceptors (Lipinski definition) is 4. The van der Waals surface area contributed by atoms with Crippen LogP contribution in [0.2, 0.25) is 0 Å². The Labute approximate surface area is 179 Å². The monoisotopic (exact) mass is 422 g/mol. The molecule has 4 rings (SSSR count). The lowest BCUT2D eigenvalue weighted by Gasteiger charge is -2.13. The summed E-state index contributed by atoms with van der Waals surface area (Å²) >= 11 is 0. The van der Waals surface area contributed by atoms with E-state index in [-0.39, 0.29) is 18.0 Å². The molecule has 0 aliphatic carbocycles. The number of aromatic nitrogens is 4. The summed E-state index contributed by atoms with van der Waals surface area (Å²) in [6, 6.07) is 7.38. The fraction of sp³-hybridized carbons (Fsp3) is 0.292. The maximum absolute atomic E-state index is 14.2. The summed E-state index contributed by atoms with van der Waals surface area (Å²) in [6.45, 7) is 8.10. The summed E-state index contributed by atoms with van der Waals surface area (Å²) in [5, 5.41) is 0. The van der Waals surface area contributed by atoms with Gasteiger partial charge in [-0.15, -0.1) is 0 Å². The van der Waals surface area contributed by atoms with Crippen LogP contribution in [0.15, 0.2) is 36.5 Å². The van der Waals surface area contributed by atoms with E-state index in [4.69, 9.17) is 14.7 Å². The van der Waals surface area contributed by atoms with Gasteiger partial charge in [0.1, 0.15) is 17.2 Å². The average molecular weight is 422 g/mol. The van der Waals surface area contributed by atoms with E-state index in [2.05, 4.69) is 18.8 Å². The number of ether oxygens (including phenoxy) is 1. The van der Waals surface area contributed by atoms with E-state index in [1.54, 1.807) is 11.7 Å². The van der Waals surface area contributed by atoms with Crippen LogP contribution in [0.3, 0.4) is 0 Å². The van der Waals surface area contributed by atoms with E-state index in [0.29, 0.717) is 28.4 Å². The number of aryl methyl sites for hydroxylation is 2. The molecule has 0 aliphatic heterocycles. The summed E-state index contributed by atoms with van der Waals surface area (Å²) in [6.07, 6.45) is 1.86. The molecule has 0 fully saturated rings. The number of fused-ring (bicyclic) bond motifs is 1. The van der Waals surface area contributed by atoms with Crippen molar-refractivity contribution in [3.8, 4) is 17.1 Å². The van der Waals surface area contributed by atoms with Crippen LogP contribution in [0.4, 0.5) is 8.78 Å². The van der Waals surface area contributed by atoms with E-state index in [1.165, 1.54) is 6.07 Å². The second-order valence-corrected chi connectivity index (χ2v) is 7.95. The van der Waals surface area contributed by atoms with Crippen molar-refractivity contribution in [2.24, 2.45) is 0 Å². The van der Waals surface area contributed by atoms with Gasteiger partial charge in [0.2, 0.25) is 5.88 Å². The van der Waals surface area contributed by atoms with Gasteiger partial charge in [0, 0.05) is 17.5 Å². The highest BCUT2D eigenvalue weighted by Crippen LogP contribution is 2.32. The van der Waals surface area contributed by atoms with Gasteiger partial charge < -0.3 is 9.30 Å². The summed E-state index contributed by atoms with van der Waals surface area (Å²) in [5.74, 6) is -0.152. The predicted octanol–water partition coefficient (Wildman–Crippen LogP) is 5.57. The number of rotatable bonds is 5. The van der Waals surface area contributed by atoms with Gasteiger partial charge in [-0.3, -0.25) is 0 Å². The Bertz CT molecular complexity index is 1280. The minimum atomic E-state index is -0.474. The van der Waals surface area contributed by atoms with Gasteiger partial charge in [0.15, 0.2) is 5.65 Å². The van der Waals surface area contributed by atoms with Crippen LogP contribution in [0, 0.1) is 25.5 Å². The van der Waals surface area contributed by atoms with Crippen molar-refractivity contribution in [3.63, 3.8) is 0 Å². The highest BCUT2D eigenvalue weighted by atomic mass is 19.1. The van der Waals surface area contributed by atoms with E-state index in [1.807, 2.05) is 32.2 Å². The molecule has 4 aromatic rings. The van der Waals surface area contributed by atoms with Crippen LogP contribution < -0.4 is 4.74 Å². The maximum Gasteiger partial charge on any atom is 0.222 e. The SMILES string of the molecule is COc1nc(C(C)C)ccc1-c1nc2c(C)cn(Cc3cc(F)ccc3F)c2nc1C.